The van der Waals surface area contributed by atoms with Crippen molar-refractivity contribution in [1.29, 1.82) is 0 Å². The van der Waals surface area contributed by atoms with Crippen LogP contribution >= 0.6 is 0 Å². The van der Waals surface area contributed by atoms with Crippen molar-refractivity contribution in [3.63, 3.8) is 0 Å². The molecule has 0 bridgehead atoms. The monoisotopic (exact) mass is 434 g/mol. The fourth-order valence-corrected chi connectivity index (χ4v) is 1.85. The van der Waals surface area contributed by atoms with E-state index in [-0.39, 0.29) is 55.3 Å². The predicted molar refractivity (Wildman–Crippen MR) is 100 cm³/mol. The molecule has 0 atom stereocenters. The topological polar surface area (TPSA) is 133 Å². The summed E-state index contributed by atoms with van der Waals surface area (Å²) >= 11 is 0. The fourth-order valence-electron chi connectivity index (χ4n) is 1.55. The van der Waals surface area contributed by atoms with Crippen molar-refractivity contribution in [3.05, 3.63) is 24.3 Å². The first-order chi connectivity index (χ1) is 11.8. The van der Waals surface area contributed by atoms with Gasteiger partial charge in [-0.1, -0.05) is 20.1 Å². The Labute approximate surface area is 188 Å². The van der Waals surface area contributed by atoms with Crippen molar-refractivity contribution >= 4 is 65.8 Å². The standard InChI is InChI=1S/C16H24O9S.Ca.2H/c1-6-16(9-24-13(17)11(2)3,10-25-14(18)12(4)5)15(19)23-7-8-26(20,21)22;;;/h2,4,6-10H2,1,3,5H3,(H,20,21,22);;;. The van der Waals surface area contributed by atoms with Crippen molar-refractivity contribution in [2.45, 2.75) is 27.2 Å². The normalized spacial score (nSPS) is 11.0. The molecular formula is C16H26CaO9S. The van der Waals surface area contributed by atoms with E-state index in [1.165, 1.54) is 13.8 Å². The Bertz CT molecular complexity index is 652. The summed E-state index contributed by atoms with van der Waals surface area (Å²) in [6.45, 7) is 9.70. The summed E-state index contributed by atoms with van der Waals surface area (Å²) in [7, 11) is -4.32. The molecule has 9 nitrogen and oxygen atoms in total. The second kappa shape index (κ2) is 12.5. The molecule has 0 aromatic carbocycles. The third-order valence-corrected chi connectivity index (χ3v) is 4.02. The van der Waals surface area contributed by atoms with Gasteiger partial charge >= 0.3 is 55.6 Å². The van der Waals surface area contributed by atoms with E-state index in [4.69, 9.17) is 18.8 Å². The quantitative estimate of drug-likeness (QED) is 0.158. The number of ether oxygens (including phenoxy) is 3. The molecule has 0 aromatic heterocycles. The van der Waals surface area contributed by atoms with E-state index in [9.17, 15) is 22.8 Å². The van der Waals surface area contributed by atoms with Crippen LogP contribution < -0.4 is 0 Å². The molecule has 0 aromatic rings. The Balaban J connectivity index is 0. The van der Waals surface area contributed by atoms with E-state index in [0.717, 1.165) is 0 Å². The summed E-state index contributed by atoms with van der Waals surface area (Å²) < 4.78 is 45.0. The van der Waals surface area contributed by atoms with Gasteiger partial charge in [0.25, 0.3) is 10.1 Å². The summed E-state index contributed by atoms with van der Waals surface area (Å²) in [4.78, 5) is 35.6. The number of carbonyl (C=O) groups excluding carboxylic acids is 3. The predicted octanol–water partition coefficient (Wildman–Crippen LogP) is 0.136. The summed E-state index contributed by atoms with van der Waals surface area (Å²) in [5, 5.41) is 0. The molecule has 0 saturated heterocycles. The van der Waals surface area contributed by atoms with Crippen LogP contribution in [0.25, 0.3) is 0 Å². The molecule has 27 heavy (non-hydrogen) atoms. The zero-order valence-corrected chi connectivity index (χ0v) is 15.9. The van der Waals surface area contributed by atoms with Crippen molar-refractivity contribution < 1.29 is 41.6 Å². The Kier molecular flexibility index (Phi) is 13.1. The summed E-state index contributed by atoms with van der Waals surface area (Å²) in [5.74, 6) is -3.23. The van der Waals surface area contributed by atoms with Gasteiger partial charge in [0.1, 0.15) is 31.0 Å². The SMILES string of the molecule is C=C(C)C(=O)OCC(CC)(COC(=O)C(=C)C)C(=O)OCCS(=O)(=O)O.[CaH2]. The summed E-state index contributed by atoms with van der Waals surface area (Å²) in [6.07, 6.45) is 0.0602. The second-order valence-electron chi connectivity index (χ2n) is 5.77. The van der Waals surface area contributed by atoms with Crippen LogP contribution in [0, 0.1) is 5.41 Å². The first-order valence-corrected chi connectivity index (χ1v) is 9.23. The first-order valence-electron chi connectivity index (χ1n) is 7.62. The van der Waals surface area contributed by atoms with Gasteiger partial charge in [0, 0.05) is 11.1 Å². The molecule has 0 aliphatic carbocycles. The minimum absolute atomic E-state index is 0. The van der Waals surface area contributed by atoms with Crippen molar-refractivity contribution in [1.82, 2.24) is 0 Å². The molecule has 0 aliphatic rings. The third-order valence-electron chi connectivity index (χ3n) is 3.34. The molecule has 0 aliphatic heterocycles. The number of rotatable bonds is 11. The second-order valence-corrected chi connectivity index (χ2v) is 7.34. The molecule has 0 heterocycles. The Morgan fingerprint density at radius 1 is 0.963 bits per heavy atom. The van der Waals surface area contributed by atoms with Gasteiger partial charge in [-0.05, 0) is 20.3 Å². The first kappa shape index (κ1) is 28.3. The molecular weight excluding hydrogens is 408 g/mol. The van der Waals surface area contributed by atoms with E-state index in [1.807, 2.05) is 0 Å². The van der Waals surface area contributed by atoms with Crippen LogP contribution in [0.1, 0.15) is 27.2 Å². The maximum absolute atomic E-state index is 12.4. The Morgan fingerprint density at radius 3 is 1.67 bits per heavy atom. The molecule has 0 saturated carbocycles. The van der Waals surface area contributed by atoms with Gasteiger partial charge in [-0.2, -0.15) is 8.42 Å². The van der Waals surface area contributed by atoms with Crippen molar-refractivity contribution in [3.8, 4) is 0 Å². The van der Waals surface area contributed by atoms with Crippen LogP contribution in [0.4, 0.5) is 0 Å². The molecule has 11 heteroatoms. The molecule has 0 unspecified atom stereocenters. The van der Waals surface area contributed by atoms with E-state index < -0.39 is 59.0 Å². The maximum atomic E-state index is 12.4. The molecule has 1 N–H and O–H groups in total. The summed E-state index contributed by atoms with van der Waals surface area (Å²) in [6, 6.07) is 0. The molecule has 0 radical (unpaired) electrons. The van der Waals surface area contributed by atoms with Gasteiger partial charge in [-0.15, -0.1) is 0 Å². The molecule has 0 spiro atoms. The van der Waals surface area contributed by atoms with Gasteiger partial charge < -0.3 is 14.2 Å². The van der Waals surface area contributed by atoms with Crippen LogP contribution in [0.5, 0.6) is 0 Å². The van der Waals surface area contributed by atoms with Gasteiger partial charge in [-0.25, -0.2) is 9.59 Å². The van der Waals surface area contributed by atoms with Crippen LogP contribution in [0.2, 0.25) is 0 Å². The minimum atomic E-state index is -4.32. The van der Waals surface area contributed by atoms with E-state index >= 15 is 0 Å². The van der Waals surface area contributed by atoms with Crippen LogP contribution in [-0.4, -0.2) is 94.2 Å². The summed E-state index contributed by atoms with van der Waals surface area (Å²) in [5.41, 5.74) is -1.34. The number of carbonyl (C=O) groups is 3. The zero-order valence-electron chi connectivity index (χ0n) is 15.1. The van der Waals surface area contributed by atoms with E-state index in [1.54, 1.807) is 6.92 Å². The Hall–Kier alpha value is -0.940. The van der Waals surface area contributed by atoms with Crippen LogP contribution in [0.3, 0.4) is 0 Å². The third kappa shape index (κ3) is 10.8. The van der Waals surface area contributed by atoms with Gasteiger partial charge in [0.2, 0.25) is 0 Å². The van der Waals surface area contributed by atoms with Crippen LogP contribution in [0.15, 0.2) is 24.3 Å². The van der Waals surface area contributed by atoms with E-state index in [2.05, 4.69) is 13.2 Å². The number of hydrogen-bond acceptors (Lipinski definition) is 8. The molecule has 0 fully saturated rings. The Morgan fingerprint density at radius 2 is 1.37 bits per heavy atom. The number of hydrogen-bond donors (Lipinski definition) is 1. The van der Waals surface area contributed by atoms with E-state index in [0.29, 0.717) is 0 Å². The average Bonchev–Trinajstić information content (AvgIpc) is 2.53. The van der Waals surface area contributed by atoms with Crippen LogP contribution in [-0.2, 0) is 38.7 Å². The van der Waals surface area contributed by atoms with Crippen molar-refractivity contribution in [2.24, 2.45) is 5.41 Å². The average molecular weight is 435 g/mol. The zero-order chi connectivity index (χ0) is 20.5. The molecule has 0 rings (SSSR count). The van der Waals surface area contributed by atoms with Gasteiger partial charge in [0.15, 0.2) is 0 Å². The fraction of sp³-hybridized carbons (Fsp3) is 0.562. The van der Waals surface area contributed by atoms with Gasteiger partial charge in [-0.3, -0.25) is 9.35 Å². The van der Waals surface area contributed by atoms with Gasteiger partial charge in [0.05, 0.1) is 0 Å². The molecule has 0 amide bonds. The van der Waals surface area contributed by atoms with Crippen molar-refractivity contribution in [2.75, 3.05) is 25.6 Å². The molecule has 152 valence electrons. The number of esters is 3.